The van der Waals surface area contributed by atoms with E-state index in [2.05, 4.69) is 0 Å². The van der Waals surface area contributed by atoms with Crippen LogP contribution in [0.2, 0.25) is 0 Å². The summed E-state index contributed by atoms with van der Waals surface area (Å²) in [7, 11) is -16.5. The molecule has 7 rings (SSSR count). The molecular formula is C51H33F9O6S3. The molecule has 6 nitrogen and oxygen atoms in total. The fourth-order valence-corrected chi connectivity index (χ4v) is 9.03. The predicted molar refractivity (Wildman–Crippen MR) is 249 cm³/mol. The van der Waals surface area contributed by atoms with E-state index in [1.54, 1.807) is 36.5 Å². The molecule has 0 atom stereocenters. The Balaban J connectivity index is 1.15. The van der Waals surface area contributed by atoms with E-state index in [1.165, 1.54) is 36.4 Å². The molecule has 0 unspecified atom stereocenters. The lowest BCUT2D eigenvalue weighted by Gasteiger charge is -2.12. The molecule has 354 valence electrons. The van der Waals surface area contributed by atoms with Crippen LogP contribution in [0.25, 0.3) is 69.8 Å². The molecule has 0 aromatic heterocycles. The largest absolute Gasteiger partial charge is 0.501 e. The van der Waals surface area contributed by atoms with Gasteiger partial charge in [0.1, 0.15) is 0 Å². The van der Waals surface area contributed by atoms with Crippen LogP contribution < -0.4 is 0 Å². The highest BCUT2D eigenvalue weighted by Gasteiger charge is 2.48. The van der Waals surface area contributed by atoms with Crippen LogP contribution in [0.1, 0.15) is 33.4 Å². The lowest BCUT2D eigenvalue weighted by molar-refractivity contribution is -0.0442. The zero-order valence-corrected chi connectivity index (χ0v) is 37.6. The van der Waals surface area contributed by atoms with Crippen molar-refractivity contribution in [1.82, 2.24) is 0 Å². The minimum absolute atomic E-state index is 0.466. The van der Waals surface area contributed by atoms with Gasteiger partial charge in [0.05, 0.1) is 14.7 Å². The van der Waals surface area contributed by atoms with Crippen LogP contribution in [0.5, 0.6) is 0 Å². The fraction of sp³-hybridized carbons (Fsp3) is 0.0588. The normalized spacial score (nSPS) is 13.2. The van der Waals surface area contributed by atoms with E-state index < -0.39 is 60.7 Å². The summed E-state index contributed by atoms with van der Waals surface area (Å²) < 4.78 is 187. The highest BCUT2D eigenvalue weighted by Crippen LogP contribution is 2.36. The zero-order chi connectivity index (χ0) is 50.0. The third-order valence-corrected chi connectivity index (χ3v) is 15.1. The maximum absolute atomic E-state index is 13.0. The standard InChI is InChI=1S/C51H33F9O6S3/c52-49(53,54)67(61,62)46-25-13-37(14-26-46)4-1-34-7-19-40(20-8-34)43-31-44(41-21-9-35(10-22-41)2-5-38-15-27-47(28-16-38)68(63,64)50(55,56)57)33-45(32-43)42-23-11-36(12-24-42)3-6-39-17-29-48(30-18-39)69(65,66)51(58,59)60/h1-33H/b4-1+,5-2+,6-3+. The molecule has 7 aromatic rings. The molecule has 0 aliphatic carbocycles. The third kappa shape index (κ3) is 11.3. The number of benzene rings is 7. The first-order chi connectivity index (χ1) is 32.3. The summed E-state index contributed by atoms with van der Waals surface area (Å²) in [6.07, 6.45) is 10.0. The summed E-state index contributed by atoms with van der Waals surface area (Å²) in [5.41, 5.74) is -7.76. The van der Waals surface area contributed by atoms with Gasteiger partial charge < -0.3 is 0 Å². The van der Waals surface area contributed by atoms with Crippen molar-refractivity contribution in [2.75, 3.05) is 0 Å². The maximum atomic E-state index is 13.0. The highest BCUT2D eigenvalue weighted by molar-refractivity contribution is 7.92. The van der Waals surface area contributed by atoms with E-state index in [1.807, 2.05) is 91.0 Å². The molecule has 0 heterocycles. The van der Waals surface area contributed by atoms with Gasteiger partial charge in [0.25, 0.3) is 29.5 Å². The van der Waals surface area contributed by atoms with Crippen molar-refractivity contribution in [3.8, 4) is 33.4 Å². The van der Waals surface area contributed by atoms with E-state index in [-0.39, 0.29) is 0 Å². The van der Waals surface area contributed by atoms with Crippen molar-refractivity contribution in [3.05, 3.63) is 197 Å². The Labute approximate surface area is 390 Å². The van der Waals surface area contributed by atoms with Crippen molar-refractivity contribution in [2.45, 2.75) is 31.2 Å². The van der Waals surface area contributed by atoms with Crippen molar-refractivity contribution in [3.63, 3.8) is 0 Å². The zero-order valence-electron chi connectivity index (χ0n) is 35.1. The molecule has 0 aliphatic heterocycles. The molecule has 0 fully saturated rings. The van der Waals surface area contributed by atoms with Gasteiger partial charge in [-0.1, -0.05) is 146 Å². The second-order valence-electron chi connectivity index (χ2n) is 15.2. The quantitative estimate of drug-likeness (QED) is 0.0892. The summed E-state index contributed by atoms with van der Waals surface area (Å²) in [6.45, 7) is 0. The smallest absolute Gasteiger partial charge is 0.214 e. The van der Waals surface area contributed by atoms with Gasteiger partial charge in [0, 0.05) is 0 Å². The number of halogens is 9. The fourth-order valence-electron chi connectivity index (χ4n) is 6.74. The van der Waals surface area contributed by atoms with Gasteiger partial charge in [-0.05, 0) is 121 Å². The Bertz CT molecular complexity index is 3040. The van der Waals surface area contributed by atoms with Gasteiger partial charge in [-0.15, -0.1) is 0 Å². The van der Waals surface area contributed by atoms with E-state index in [0.717, 1.165) is 86.5 Å². The molecule has 7 aromatic carbocycles. The number of alkyl halides is 9. The van der Waals surface area contributed by atoms with Crippen molar-refractivity contribution < 1.29 is 64.8 Å². The van der Waals surface area contributed by atoms with Crippen LogP contribution in [0, 0.1) is 0 Å². The lowest BCUT2D eigenvalue weighted by Crippen LogP contribution is -2.23. The monoisotopic (exact) mass is 1010 g/mol. The molecule has 0 aliphatic rings. The molecule has 0 radical (unpaired) electrons. The molecule has 0 N–H and O–H groups in total. The second-order valence-corrected chi connectivity index (χ2v) is 21.0. The van der Waals surface area contributed by atoms with Crippen molar-refractivity contribution in [1.29, 1.82) is 0 Å². The maximum Gasteiger partial charge on any atom is 0.501 e. The Morgan fingerprint density at radius 3 is 0.565 bits per heavy atom. The highest BCUT2D eigenvalue weighted by atomic mass is 32.2. The van der Waals surface area contributed by atoms with E-state index in [4.69, 9.17) is 0 Å². The molecule has 0 spiro atoms. The molecule has 0 amide bonds. The first-order valence-corrected chi connectivity index (χ1v) is 24.5. The van der Waals surface area contributed by atoms with Crippen LogP contribution in [-0.2, 0) is 29.5 Å². The van der Waals surface area contributed by atoms with Crippen molar-refractivity contribution >= 4 is 66.0 Å². The summed E-state index contributed by atoms with van der Waals surface area (Å²) in [4.78, 5) is -2.60. The predicted octanol–water partition coefficient (Wildman–Crippen LogP) is 14.1. The summed E-state index contributed by atoms with van der Waals surface area (Å²) in [5.74, 6) is 0. The van der Waals surface area contributed by atoms with Crippen LogP contribution >= 0.6 is 0 Å². The summed E-state index contributed by atoms with van der Waals surface area (Å²) in [6, 6.07) is 41.1. The van der Waals surface area contributed by atoms with Gasteiger partial charge in [-0.25, -0.2) is 25.3 Å². The average molecular weight is 1010 g/mol. The molecular weight excluding hydrogens is 976 g/mol. The SMILES string of the molecule is O=S(=O)(c1ccc(/C=C/c2ccc(-c3cc(-c4ccc(/C=C/c5ccc(S(=O)(=O)C(F)(F)F)cc5)cc4)cc(-c4ccc(/C=C/c5ccc(S(=O)(=O)C(F)(F)F)cc5)cc4)c3)cc2)cc1)C(F)(F)F. The van der Waals surface area contributed by atoms with E-state index in [9.17, 15) is 64.8 Å². The Morgan fingerprint density at radius 2 is 0.406 bits per heavy atom. The minimum Gasteiger partial charge on any atom is -0.214 e. The van der Waals surface area contributed by atoms with Gasteiger partial charge >= 0.3 is 16.5 Å². The number of sulfone groups is 3. The van der Waals surface area contributed by atoms with Crippen LogP contribution in [0.4, 0.5) is 39.5 Å². The third-order valence-electron chi connectivity index (χ3n) is 10.6. The first kappa shape index (κ1) is 49.9. The van der Waals surface area contributed by atoms with Crippen LogP contribution in [0.3, 0.4) is 0 Å². The summed E-state index contributed by atoms with van der Waals surface area (Å²) >= 11 is 0. The average Bonchev–Trinajstić information content (AvgIpc) is 3.31. The molecule has 0 bridgehead atoms. The second kappa shape index (κ2) is 19.2. The van der Waals surface area contributed by atoms with E-state index >= 15 is 0 Å². The molecule has 0 saturated carbocycles. The topological polar surface area (TPSA) is 102 Å². The van der Waals surface area contributed by atoms with E-state index in [0.29, 0.717) is 16.7 Å². The summed E-state index contributed by atoms with van der Waals surface area (Å²) in [5, 5.41) is 0. The van der Waals surface area contributed by atoms with Gasteiger partial charge in [0.15, 0.2) is 0 Å². The molecule has 69 heavy (non-hydrogen) atoms. The Hall–Kier alpha value is -7.02. The Kier molecular flexibility index (Phi) is 13.9. The Morgan fingerprint density at radius 1 is 0.246 bits per heavy atom. The van der Waals surface area contributed by atoms with Gasteiger partial charge in [0.2, 0.25) is 0 Å². The van der Waals surface area contributed by atoms with Crippen LogP contribution in [-0.4, -0.2) is 41.8 Å². The molecule has 0 saturated heterocycles. The first-order valence-electron chi connectivity index (χ1n) is 20.1. The van der Waals surface area contributed by atoms with Crippen LogP contribution in [0.15, 0.2) is 178 Å². The minimum atomic E-state index is -5.49. The number of rotatable bonds is 12. The van der Waals surface area contributed by atoms with Gasteiger partial charge in [-0.3, -0.25) is 0 Å². The van der Waals surface area contributed by atoms with Crippen molar-refractivity contribution in [2.24, 2.45) is 0 Å². The number of hydrogen-bond acceptors (Lipinski definition) is 6. The lowest BCUT2D eigenvalue weighted by atomic mass is 9.92. The van der Waals surface area contributed by atoms with Gasteiger partial charge in [-0.2, -0.15) is 39.5 Å². The molecule has 18 heteroatoms. The number of hydrogen-bond donors (Lipinski definition) is 0.